The third-order valence-electron chi connectivity index (χ3n) is 10.8. The van der Waals surface area contributed by atoms with E-state index in [2.05, 4.69) is 12.1 Å². The molecule has 0 aliphatic carbocycles. The van der Waals surface area contributed by atoms with Crippen LogP contribution in [0.2, 0.25) is 0 Å². The summed E-state index contributed by atoms with van der Waals surface area (Å²) in [6, 6.07) is 19.6. The molecule has 2 heterocycles. The van der Waals surface area contributed by atoms with Crippen LogP contribution < -0.4 is 0 Å². The van der Waals surface area contributed by atoms with Crippen LogP contribution in [0.5, 0.6) is 0 Å². The van der Waals surface area contributed by atoms with Gasteiger partial charge in [0.25, 0.3) is 0 Å². The molecule has 2 aliphatic rings. The first-order valence-electron chi connectivity index (χ1n) is 18.5. The first-order chi connectivity index (χ1) is 25.6. The maximum absolute atomic E-state index is 13.2. The summed E-state index contributed by atoms with van der Waals surface area (Å²) in [5.74, 6) is -9.97. The number of carboxylic acid groups (broad SMARTS) is 3. The van der Waals surface area contributed by atoms with Crippen LogP contribution in [0.3, 0.4) is 0 Å². The van der Waals surface area contributed by atoms with Crippen LogP contribution in [0, 0.1) is 17.8 Å². The number of esters is 2. The van der Waals surface area contributed by atoms with Gasteiger partial charge in [0.2, 0.25) is 11.2 Å². The number of aliphatic carboxylic acids is 3. The van der Waals surface area contributed by atoms with Crippen LogP contribution in [0.4, 0.5) is 0 Å². The summed E-state index contributed by atoms with van der Waals surface area (Å²) < 4.78 is 17.0. The molecule has 4 rings (SSSR count). The Balaban J connectivity index is 1.51. The number of allylic oxidation sites excluding steroid dienone is 2. The second kappa shape index (κ2) is 18.2. The Kier molecular flexibility index (Phi) is 14.2. The summed E-state index contributed by atoms with van der Waals surface area (Å²) in [4.78, 5) is 63.5. The van der Waals surface area contributed by atoms with Crippen molar-refractivity contribution in [2.24, 2.45) is 17.8 Å². The van der Waals surface area contributed by atoms with Gasteiger partial charge in [0, 0.05) is 13.3 Å². The summed E-state index contributed by atoms with van der Waals surface area (Å²) in [6.07, 6.45) is 1.22. The van der Waals surface area contributed by atoms with E-state index in [-0.39, 0.29) is 43.9 Å². The summed E-state index contributed by atoms with van der Waals surface area (Å²) in [7, 11) is 0. The van der Waals surface area contributed by atoms with Crippen molar-refractivity contribution in [1.82, 2.24) is 0 Å². The van der Waals surface area contributed by atoms with Crippen LogP contribution in [-0.2, 0) is 51.0 Å². The minimum absolute atomic E-state index is 0.0939. The number of rotatable bonds is 20. The van der Waals surface area contributed by atoms with Crippen molar-refractivity contribution in [3.05, 3.63) is 83.9 Å². The molecule has 0 radical (unpaired) electrons. The van der Waals surface area contributed by atoms with E-state index >= 15 is 0 Å². The Labute approximate surface area is 314 Å². The van der Waals surface area contributed by atoms with E-state index in [0.29, 0.717) is 6.42 Å². The number of hydrogen-bond acceptors (Lipinski definition) is 10. The average Bonchev–Trinajstić information content (AvgIpc) is 3.33. The predicted octanol–water partition coefficient (Wildman–Crippen LogP) is 4.75. The van der Waals surface area contributed by atoms with Crippen molar-refractivity contribution in [3.8, 4) is 0 Å². The van der Waals surface area contributed by atoms with Gasteiger partial charge >= 0.3 is 29.8 Å². The molecule has 2 aliphatic heterocycles. The normalized spacial score (nSPS) is 27.8. The molecule has 2 saturated heterocycles. The highest BCUT2D eigenvalue weighted by Gasteiger charge is 2.84. The van der Waals surface area contributed by atoms with Gasteiger partial charge in [-0.15, -0.1) is 0 Å². The molecule has 0 saturated carbocycles. The standard InChI is InChI=1S/C41H52O13/c1-26(15-12-20-29-16-6-4-7-17-29)14-10-11-22-33(43)53-35-34(44)39(25-31(36(45)46)40(51,37(47)48)41(35,54-39)38(49)50)23-13-21-32(52-28(3)42)27(2)24-30-18-8-5-9-19-30/h4-10,14,16-19,26-27,31-32,34-35,44,51H,11-13,15,20-25H2,1-3H3,(H,45,46)(H,47,48)(H,49,50)/b14-10+/t26-,27+,31+,32+,34+,35+,39+,40+,41-/m0/s1. The highest BCUT2D eigenvalue weighted by atomic mass is 16.6. The lowest BCUT2D eigenvalue weighted by atomic mass is 9.68. The van der Waals surface area contributed by atoms with E-state index in [4.69, 9.17) is 14.2 Å². The molecule has 5 N–H and O–H groups in total. The van der Waals surface area contributed by atoms with E-state index in [9.17, 15) is 49.5 Å². The maximum atomic E-state index is 13.2. The fourth-order valence-electron chi connectivity index (χ4n) is 7.99. The van der Waals surface area contributed by atoms with E-state index in [1.165, 1.54) is 12.5 Å². The van der Waals surface area contributed by atoms with Crippen LogP contribution in [-0.4, -0.2) is 90.5 Å². The lowest BCUT2D eigenvalue weighted by Crippen LogP contribution is -2.75. The van der Waals surface area contributed by atoms with E-state index in [1.807, 2.05) is 68.5 Å². The Morgan fingerprint density at radius 3 is 2.11 bits per heavy atom. The molecule has 54 heavy (non-hydrogen) atoms. The SMILES string of the molecule is CC(=O)O[C@H](CCC[C@]12C[C@H](C(=O)O)[C@@](O)(C(=O)O)[C@](C(=O)O)(O1)[C@H](OC(=O)CC/C=C/[C@H](C)CCCc1ccccc1)[C@H]2O)[C@H](C)Cc1ccccc1. The Morgan fingerprint density at radius 2 is 1.54 bits per heavy atom. The molecule has 0 unspecified atom stereocenters. The molecular weight excluding hydrogens is 700 g/mol. The van der Waals surface area contributed by atoms with Crippen molar-refractivity contribution in [1.29, 1.82) is 0 Å². The minimum Gasteiger partial charge on any atom is -0.481 e. The third kappa shape index (κ3) is 9.19. The summed E-state index contributed by atoms with van der Waals surface area (Å²) in [5, 5.41) is 54.2. The van der Waals surface area contributed by atoms with Gasteiger partial charge in [0.15, 0.2) is 6.10 Å². The van der Waals surface area contributed by atoms with Gasteiger partial charge in [-0.2, -0.15) is 0 Å². The Morgan fingerprint density at radius 1 is 0.907 bits per heavy atom. The third-order valence-corrected chi connectivity index (χ3v) is 10.8. The molecule has 0 spiro atoms. The van der Waals surface area contributed by atoms with Crippen molar-refractivity contribution in [2.75, 3.05) is 0 Å². The molecule has 0 amide bonds. The first kappa shape index (κ1) is 42.2. The van der Waals surface area contributed by atoms with Crippen molar-refractivity contribution in [3.63, 3.8) is 0 Å². The zero-order valence-corrected chi connectivity index (χ0v) is 31.0. The van der Waals surface area contributed by atoms with Crippen LogP contribution in [0.15, 0.2) is 72.8 Å². The number of ether oxygens (including phenoxy) is 3. The van der Waals surface area contributed by atoms with Gasteiger partial charge in [0.05, 0.1) is 0 Å². The quantitative estimate of drug-likeness (QED) is 0.0914. The number of benzene rings is 2. The van der Waals surface area contributed by atoms with Gasteiger partial charge in [-0.25, -0.2) is 9.59 Å². The number of carboxylic acids is 3. The molecule has 9 atom stereocenters. The number of aliphatic hydroxyl groups is 2. The molecular formula is C41H52O13. The highest BCUT2D eigenvalue weighted by molar-refractivity contribution is 5.97. The van der Waals surface area contributed by atoms with Crippen LogP contribution in [0.1, 0.15) is 83.3 Å². The fraction of sp³-hybridized carbons (Fsp3) is 0.537. The number of aryl methyl sites for hydroxylation is 1. The van der Waals surface area contributed by atoms with Crippen molar-refractivity contribution in [2.45, 2.75) is 120 Å². The van der Waals surface area contributed by atoms with E-state index < -0.39 is 77.3 Å². The van der Waals surface area contributed by atoms with Crippen molar-refractivity contribution >= 4 is 29.8 Å². The van der Waals surface area contributed by atoms with Gasteiger partial charge in [-0.05, 0) is 80.8 Å². The molecule has 0 aromatic heterocycles. The van der Waals surface area contributed by atoms with Gasteiger partial charge in [0.1, 0.15) is 23.7 Å². The number of hydrogen-bond donors (Lipinski definition) is 5. The summed E-state index contributed by atoms with van der Waals surface area (Å²) in [6.45, 7) is 5.19. The van der Waals surface area contributed by atoms with E-state index in [0.717, 1.165) is 24.8 Å². The fourth-order valence-corrected chi connectivity index (χ4v) is 7.99. The molecule has 13 nitrogen and oxygen atoms in total. The zero-order valence-electron chi connectivity index (χ0n) is 31.0. The second-order valence-corrected chi connectivity index (χ2v) is 14.8. The maximum Gasteiger partial charge on any atom is 0.343 e. The van der Waals surface area contributed by atoms with Crippen molar-refractivity contribution < 1.29 is 63.7 Å². The summed E-state index contributed by atoms with van der Waals surface area (Å²) in [5.41, 5.74) is -6.85. The molecule has 2 bridgehead atoms. The van der Waals surface area contributed by atoms with Gasteiger partial charge in [-0.3, -0.25) is 14.4 Å². The largest absolute Gasteiger partial charge is 0.481 e. The highest BCUT2D eigenvalue weighted by Crippen LogP contribution is 2.58. The topological polar surface area (TPSA) is 214 Å². The molecule has 13 heteroatoms. The zero-order chi connectivity index (χ0) is 39.7. The second-order valence-electron chi connectivity index (χ2n) is 14.8. The predicted molar refractivity (Wildman–Crippen MR) is 194 cm³/mol. The Bertz CT molecular complexity index is 1640. The van der Waals surface area contributed by atoms with E-state index in [1.54, 1.807) is 6.08 Å². The summed E-state index contributed by atoms with van der Waals surface area (Å²) >= 11 is 0. The number of carbonyl (C=O) groups excluding carboxylic acids is 2. The Hall–Kier alpha value is -4.59. The van der Waals surface area contributed by atoms with Gasteiger partial charge in [-0.1, -0.05) is 86.7 Å². The van der Waals surface area contributed by atoms with Crippen LogP contribution in [0.25, 0.3) is 0 Å². The molecule has 294 valence electrons. The lowest BCUT2D eigenvalue weighted by molar-refractivity contribution is -0.279. The number of aliphatic hydroxyl groups excluding tert-OH is 1. The smallest absolute Gasteiger partial charge is 0.343 e. The number of fused-ring (bicyclic) bond motifs is 2. The van der Waals surface area contributed by atoms with Gasteiger partial charge < -0.3 is 39.7 Å². The first-order valence-corrected chi connectivity index (χ1v) is 18.5. The minimum atomic E-state index is -3.64. The van der Waals surface area contributed by atoms with Crippen LogP contribution >= 0.6 is 0 Å². The average molecular weight is 753 g/mol. The lowest BCUT2D eigenvalue weighted by Gasteiger charge is -2.49. The molecule has 2 aromatic carbocycles. The number of carbonyl (C=O) groups is 5. The monoisotopic (exact) mass is 752 g/mol. The molecule has 2 aromatic rings. The molecule has 2 fully saturated rings.